The van der Waals surface area contributed by atoms with Gasteiger partial charge in [-0.25, -0.2) is 13.2 Å². The molecule has 2 rings (SSSR count). The first-order valence-corrected chi connectivity index (χ1v) is 9.26. The van der Waals surface area contributed by atoms with Gasteiger partial charge in [-0.15, -0.1) is 0 Å². The van der Waals surface area contributed by atoms with Gasteiger partial charge in [0.05, 0.1) is 18.7 Å². The van der Waals surface area contributed by atoms with Crippen molar-refractivity contribution in [3.8, 4) is 5.75 Å². The van der Waals surface area contributed by atoms with E-state index in [1.807, 2.05) is 0 Å². The summed E-state index contributed by atoms with van der Waals surface area (Å²) in [5.41, 5.74) is -0.187. The van der Waals surface area contributed by atoms with E-state index in [1.54, 1.807) is 0 Å². The van der Waals surface area contributed by atoms with Crippen LogP contribution in [0.1, 0.15) is 29.6 Å². The van der Waals surface area contributed by atoms with E-state index >= 15 is 0 Å². The Labute approximate surface area is 146 Å². The van der Waals surface area contributed by atoms with Crippen LogP contribution in [-0.4, -0.2) is 57.2 Å². The number of carboxylic acids is 1. The topological polar surface area (TPSA) is 93.1 Å². The molecule has 1 aromatic rings. The van der Waals surface area contributed by atoms with Crippen molar-refractivity contribution in [1.82, 2.24) is 4.31 Å². The van der Waals surface area contributed by atoms with Crippen LogP contribution in [-0.2, 0) is 14.8 Å². The van der Waals surface area contributed by atoms with Crippen LogP contribution in [0.2, 0.25) is 5.02 Å². The molecule has 1 fully saturated rings. The highest BCUT2D eigenvalue weighted by atomic mass is 35.5. The quantitative estimate of drug-likeness (QED) is 0.817. The molecule has 0 bridgehead atoms. The molecule has 0 saturated carbocycles. The van der Waals surface area contributed by atoms with Gasteiger partial charge in [0, 0.05) is 25.8 Å². The molecular weight excluding hydrogens is 358 g/mol. The van der Waals surface area contributed by atoms with Crippen molar-refractivity contribution in [3.05, 3.63) is 22.7 Å². The van der Waals surface area contributed by atoms with E-state index in [-0.39, 0.29) is 27.3 Å². The first kappa shape index (κ1) is 19.0. The summed E-state index contributed by atoms with van der Waals surface area (Å²) >= 11 is 6.07. The summed E-state index contributed by atoms with van der Waals surface area (Å²) in [5, 5.41) is 9.02. The predicted octanol–water partition coefficient (Wildman–Crippen LogP) is 2.24. The van der Waals surface area contributed by atoms with Crippen molar-refractivity contribution in [3.63, 3.8) is 0 Å². The van der Waals surface area contributed by atoms with Crippen LogP contribution < -0.4 is 4.74 Å². The van der Waals surface area contributed by atoms with Crippen LogP contribution in [0.4, 0.5) is 0 Å². The third-order valence-corrected chi connectivity index (χ3v) is 6.42. The fourth-order valence-corrected chi connectivity index (χ4v) is 5.04. The van der Waals surface area contributed by atoms with Crippen LogP contribution in [0, 0.1) is 0 Å². The van der Waals surface area contributed by atoms with E-state index in [1.165, 1.54) is 24.6 Å². The van der Waals surface area contributed by atoms with Crippen LogP contribution in [0.3, 0.4) is 0 Å². The number of hydrogen-bond donors (Lipinski definition) is 1. The molecule has 1 atom stereocenters. The molecular formula is C15H20ClNO6S. The van der Waals surface area contributed by atoms with Crippen molar-refractivity contribution in [1.29, 1.82) is 0 Å². The van der Waals surface area contributed by atoms with Crippen molar-refractivity contribution in [2.75, 3.05) is 27.4 Å². The second-order valence-electron chi connectivity index (χ2n) is 5.51. The van der Waals surface area contributed by atoms with E-state index in [2.05, 4.69) is 0 Å². The van der Waals surface area contributed by atoms with Crippen LogP contribution in [0.25, 0.3) is 0 Å². The standard InChI is InChI=1S/C15H20ClNO6S/c1-22-9-10-5-3-4-6-17(10)24(20,21)14-8-13(23-2)11(15(18)19)7-12(14)16/h7-8,10H,3-6,9H2,1-2H3,(H,18,19). The minimum absolute atomic E-state index is 0.0502. The lowest BCUT2D eigenvalue weighted by Crippen LogP contribution is -2.45. The minimum atomic E-state index is -3.89. The summed E-state index contributed by atoms with van der Waals surface area (Å²) in [6.45, 7) is 0.664. The molecule has 1 unspecified atom stereocenters. The fourth-order valence-electron chi connectivity index (χ4n) is 2.84. The maximum Gasteiger partial charge on any atom is 0.339 e. The summed E-state index contributed by atoms with van der Waals surface area (Å²) in [6, 6.07) is 2.00. The second-order valence-corrected chi connectivity index (χ2v) is 7.77. The first-order valence-electron chi connectivity index (χ1n) is 7.44. The Morgan fingerprint density at radius 2 is 2.08 bits per heavy atom. The van der Waals surface area contributed by atoms with Crippen molar-refractivity contribution in [2.45, 2.75) is 30.2 Å². The maximum absolute atomic E-state index is 13.0. The van der Waals surface area contributed by atoms with E-state index in [0.717, 1.165) is 18.9 Å². The number of halogens is 1. The number of nitrogens with zero attached hydrogens (tertiary/aromatic N) is 1. The molecule has 9 heteroatoms. The van der Waals surface area contributed by atoms with Gasteiger partial charge in [-0.05, 0) is 18.9 Å². The Hall–Kier alpha value is -1.35. The molecule has 1 aliphatic heterocycles. The molecule has 0 aliphatic carbocycles. The van der Waals surface area contributed by atoms with Crippen molar-refractivity contribution >= 4 is 27.6 Å². The smallest absolute Gasteiger partial charge is 0.339 e. The van der Waals surface area contributed by atoms with E-state index in [4.69, 9.17) is 26.2 Å². The summed E-state index contributed by atoms with van der Waals surface area (Å²) in [7, 11) is -1.09. The van der Waals surface area contributed by atoms with E-state index in [0.29, 0.717) is 19.6 Å². The third-order valence-electron chi connectivity index (χ3n) is 4.00. The van der Waals surface area contributed by atoms with Gasteiger partial charge in [0.2, 0.25) is 10.0 Å². The molecule has 0 aromatic heterocycles. The molecule has 0 radical (unpaired) electrons. The molecule has 7 nitrogen and oxygen atoms in total. The molecule has 0 spiro atoms. The second kappa shape index (κ2) is 7.69. The van der Waals surface area contributed by atoms with E-state index in [9.17, 15) is 13.2 Å². The SMILES string of the molecule is COCC1CCCCN1S(=O)(=O)c1cc(OC)c(C(=O)O)cc1Cl. The number of methoxy groups -OCH3 is 2. The zero-order valence-corrected chi connectivity index (χ0v) is 15.1. The molecule has 1 N–H and O–H groups in total. The molecule has 0 amide bonds. The fraction of sp³-hybridized carbons (Fsp3) is 0.533. The van der Waals surface area contributed by atoms with Gasteiger partial charge >= 0.3 is 5.97 Å². The number of aromatic carboxylic acids is 1. The third kappa shape index (κ3) is 3.66. The molecule has 1 heterocycles. The Morgan fingerprint density at radius 1 is 1.38 bits per heavy atom. The Kier molecular flexibility index (Phi) is 6.08. The first-order chi connectivity index (χ1) is 11.3. The van der Waals surface area contributed by atoms with Crippen LogP contribution >= 0.6 is 11.6 Å². The van der Waals surface area contributed by atoms with Crippen molar-refractivity contribution in [2.24, 2.45) is 0 Å². The zero-order chi connectivity index (χ0) is 17.9. The number of sulfonamides is 1. The van der Waals surface area contributed by atoms with Gasteiger partial charge in [-0.1, -0.05) is 18.0 Å². The van der Waals surface area contributed by atoms with Crippen molar-refractivity contribution < 1.29 is 27.8 Å². The monoisotopic (exact) mass is 377 g/mol. The molecule has 1 aliphatic rings. The van der Waals surface area contributed by atoms with Crippen LogP contribution in [0.5, 0.6) is 5.75 Å². The summed E-state index contributed by atoms with van der Waals surface area (Å²) in [5.74, 6) is -1.29. The zero-order valence-electron chi connectivity index (χ0n) is 13.5. The average Bonchev–Trinajstić information content (AvgIpc) is 2.55. The average molecular weight is 378 g/mol. The number of piperidine rings is 1. The highest BCUT2D eigenvalue weighted by Gasteiger charge is 2.35. The summed E-state index contributed by atoms with van der Waals surface area (Å²) in [6.07, 6.45) is 2.38. The lowest BCUT2D eigenvalue weighted by Gasteiger charge is -2.34. The van der Waals surface area contributed by atoms with Crippen LogP contribution in [0.15, 0.2) is 17.0 Å². The van der Waals surface area contributed by atoms with E-state index < -0.39 is 16.0 Å². The number of hydrogen-bond acceptors (Lipinski definition) is 5. The molecule has 134 valence electrons. The molecule has 24 heavy (non-hydrogen) atoms. The summed E-state index contributed by atoms with van der Waals surface area (Å²) in [4.78, 5) is 11.1. The lowest BCUT2D eigenvalue weighted by atomic mass is 10.1. The van der Waals surface area contributed by atoms with Gasteiger partial charge in [-0.2, -0.15) is 4.31 Å². The highest BCUT2D eigenvalue weighted by Crippen LogP contribution is 2.34. The number of rotatable bonds is 6. The number of carbonyl (C=O) groups is 1. The minimum Gasteiger partial charge on any atom is -0.496 e. The van der Waals surface area contributed by atoms with Gasteiger partial charge < -0.3 is 14.6 Å². The lowest BCUT2D eigenvalue weighted by molar-refractivity contribution is 0.0693. The number of benzene rings is 1. The van der Waals surface area contributed by atoms with Gasteiger partial charge in [0.25, 0.3) is 0 Å². The Bertz CT molecular complexity index is 719. The summed E-state index contributed by atoms with van der Waals surface area (Å²) < 4.78 is 37.6. The predicted molar refractivity (Wildman–Crippen MR) is 88.4 cm³/mol. The maximum atomic E-state index is 13.0. The van der Waals surface area contributed by atoms with Gasteiger partial charge in [0.1, 0.15) is 16.2 Å². The largest absolute Gasteiger partial charge is 0.496 e. The Morgan fingerprint density at radius 3 is 2.67 bits per heavy atom. The van der Waals surface area contributed by atoms with Gasteiger partial charge in [0.15, 0.2) is 0 Å². The number of carboxylic acid groups (broad SMARTS) is 1. The molecule has 1 saturated heterocycles. The Balaban J connectivity index is 2.50. The normalized spacial score (nSPS) is 19.2. The van der Waals surface area contributed by atoms with Gasteiger partial charge in [-0.3, -0.25) is 0 Å². The highest BCUT2D eigenvalue weighted by molar-refractivity contribution is 7.89. The number of ether oxygens (including phenoxy) is 2. The molecule has 1 aromatic carbocycles.